The molecule has 0 aromatic carbocycles. The van der Waals surface area contributed by atoms with Gasteiger partial charge in [0.2, 0.25) is 5.91 Å². The smallest absolute Gasteiger partial charge is 0.251 e. The molecule has 0 unspecified atom stereocenters. The molecular formula is C11H17N3O2S. The number of carbonyl (C=O) groups excluding carboxylic acids is 1. The average molecular weight is 255 g/mol. The number of nitrogens with one attached hydrogen (secondary N) is 1. The molecule has 94 valence electrons. The zero-order valence-corrected chi connectivity index (χ0v) is 11.1. The Kier molecular flexibility index (Phi) is 5.21. The van der Waals surface area contributed by atoms with E-state index in [1.165, 1.54) is 22.7 Å². The molecule has 0 saturated heterocycles. The molecule has 0 aliphatic carbocycles. The van der Waals surface area contributed by atoms with E-state index in [1.54, 1.807) is 14.1 Å². The van der Waals surface area contributed by atoms with Crippen molar-refractivity contribution >= 4 is 17.7 Å². The monoisotopic (exact) mass is 255 g/mol. The van der Waals surface area contributed by atoms with Crippen molar-refractivity contribution in [1.82, 2.24) is 14.9 Å². The van der Waals surface area contributed by atoms with E-state index in [0.717, 1.165) is 18.5 Å². The number of aryl methyl sites for hydroxylation is 1. The minimum absolute atomic E-state index is 0.00135. The fourth-order valence-corrected chi connectivity index (χ4v) is 2.07. The fourth-order valence-electron chi connectivity index (χ4n) is 1.20. The van der Waals surface area contributed by atoms with Gasteiger partial charge in [0.15, 0.2) is 5.16 Å². The lowest BCUT2D eigenvalue weighted by Gasteiger charge is -2.09. The van der Waals surface area contributed by atoms with Crippen molar-refractivity contribution in [1.29, 1.82) is 0 Å². The first-order valence-electron chi connectivity index (χ1n) is 5.46. The van der Waals surface area contributed by atoms with E-state index < -0.39 is 0 Å². The van der Waals surface area contributed by atoms with Crippen molar-refractivity contribution in [2.75, 3.05) is 19.8 Å². The zero-order chi connectivity index (χ0) is 12.8. The summed E-state index contributed by atoms with van der Waals surface area (Å²) >= 11 is 1.25. The first-order valence-corrected chi connectivity index (χ1v) is 6.44. The minimum Gasteiger partial charge on any atom is -0.348 e. The molecule has 0 radical (unpaired) electrons. The van der Waals surface area contributed by atoms with Crippen LogP contribution in [0, 0.1) is 0 Å². The number of nitrogens with zero attached hydrogens (tertiary/aromatic N) is 2. The van der Waals surface area contributed by atoms with Crippen molar-refractivity contribution in [3.8, 4) is 0 Å². The Morgan fingerprint density at radius 2 is 2.24 bits per heavy atom. The molecule has 0 aliphatic heterocycles. The van der Waals surface area contributed by atoms with E-state index in [9.17, 15) is 9.59 Å². The number of hydrogen-bond acceptors (Lipinski definition) is 4. The van der Waals surface area contributed by atoms with Crippen molar-refractivity contribution in [3.63, 3.8) is 0 Å². The zero-order valence-electron chi connectivity index (χ0n) is 10.3. The number of hydrogen-bond donors (Lipinski definition) is 1. The molecule has 0 spiro atoms. The first kappa shape index (κ1) is 13.8. The van der Waals surface area contributed by atoms with Crippen molar-refractivity contribution < 1.29 is 4.79 Å². The van der Waals surface area contributed by atoms with Crippen LogP contribution in [0.1, 0.15) is 19.0 Å². The average Bonchev–Trinajstić information content (AvgIpc) is 2.25. The van der Waals surface area contributed by atoms with Gasteiger partial charge in [0.25, 0.3) is 5.56 Å². The van der Waals surface area contributed by atoms with Crippen molar-refractivity contribution in [2.45, 2.75) is 24.9 Å². The van der Waals surface area contributed by atoms with E-state index in [4.69, 9.17) is 0 Å². The molecular weight excluding hydrogens is 238 g/mol. The third-order valence-electron chi connectivity index (χ3n) is 2.11. The van der Waals surface area contributed by atoms with E-state index in [2.05, 4.69) is 9.97 Å². The van der Waals surface area contributed by atoms with Crippen LogP contribution in [0.15, 0.2) is 16.0 Å². The molecule has 0 aliphatic rings. The van der Waals surface area contributed by atoms with Crippen LogP contribution in [0.4, 0.5) is 0 Å². The summed E-state index contributed by atoms with van der Waals surface area (Å²) in [5, 5.41) is 0.510. The summed E-state index contributed by atoms with van der Waals surface area (Å²) in [6.45, 7) is 2.03. The van der Waals surface area contributed by atoms with Crippen LogP contribution in [0.3, 0.4) is 0 Å². The molecule has 0 saturated carbocycles. The Morgan fingerprint density at radius 1 is 1.53 bits per heavy atom. The lowest BCUT2D eigenvalue weighted by atomic mass is 10.2. The Labute approximate surface area is 105 Å². The molecule has 1 amide bonds. The number of carbonyl (C=O) groups is 1. The Balaban J connectivity index is 2.71. The van der Waals surface area contributed by atoms with Crippen LogP contribution >= 0.6 is 11.8 Å². The summed E-state index contributed by atoms with van der Waals surface area (Å²) in [5.41, 5.74) is 0.610. The van der Waals surface area contributed by atoms with Crippen LogP contribution in [0.25, 0.3) is 0 Å². The number of aromatic amines is 1. The summed E-state index contributed by atoms with van der Waals surface area (Å²) < 4.78 is 0. The van der Waals surface area contributed by atoms with Crippen LogP contribution in [0.5, 0.6) is 0 Å². The normalized spacial score (nSPS) is 10.3. The van der Waals surface area contributed by atoms with Gasteiger partial charge in [0, 0.05) is 25.9 Å². The number of rotatable bonds is 5. The van der Waals surface area contributed by atoms with Crippen LogP contribution < -0.4 is 5.56 Å². The Hall–Kier alpha value is -1.30. The number of H-pyrrole nitrogens is 1. The molecule has 1 N–H and O–H groups in total. The molecule has 0 atom stereocenters. The highest BCUT2D eigenvalue weighted by atomic mass is 32.2. The predicted octanol–water partition coefficient (Wildman–Crippen LogP) is 0.903. The molecule has 5 nitrogen and oxygen atoms in total. The van der Waals surface area contributed by atoms with Crippen molar-refractivity contribution in [3.05, 3.63) is 22.1 Å². The lowest BCUT2D eigenvalue weighted by Crippen LogP contribution is -2.23. The summed E-state index contributed by atoms with van der Waals surface area (Å²) in [5.74, 6) is 0.282. The molecule has 1 aromatic heterocycles. The van der Waals surface area contributed by atoms with Crippen LogP contribution in [-0.4, -0.2) is 40.6 Å². The Morgan fingerprint density at radius 3 is 2.82 bits per heavy atom. The second-order valence-corrected chi connectivity index (χ2v) is 4.83. The largest absolute Gasteiger partial charge is 0.348 e. The van der Waals surface area contributed by atoms with Crippen LogP contribution in [0.2, 0.25) is 0 Å². The van der Waals surface area contributed by atoms with Gasteiger partial charge in [0.05, 0.1) is 5.75 Å². The van der Waals surface area contributed by atoms with Gasteiger partial charge in [-0.25, -0.2) is 4.98 Å². The van der Waals surface area contributed by atoms with Gasteiger partial charge in [-0.05, 0) is 6.42 Å². The van der Waals surface area contributed by atoms with E-state index in [1.807, 2.05) is 6.92 Å². The summed E-state index contributed by atoms with van der Waals surface area (Å²) in [4.78, 5) is 31.2. The third kappa shape index (κ3) is 4.60. The van der Waals surface area contributed by atoms with Gasteiger partial charge in [0.1, 0.15) is 0 Å². The molecule has 0 bridgehead atoms. The third-order valence-corrected chi connectivity index (χ3v) is 2.97. The number of aromatic nitrogens is 2. The van der Waals surface area contributed by atoms with E-state index in [-0.39, 0.29) is 17.2 Å². The van der Waals surface area contributed by atoms with Gasteiger partial charge >= 0.3 is 0 Å². The summed E-state index contributed by atoms with van der Waals surface area (Å²) in [6.07, 6.45) is 1.72. The molecule has 17 heavy (non-hydrogen) atoms. The van der Waals surface area contributed by atoms with Gasteiger partial charge in [-0.1, -0.05) is 25.1 Å². The standard InChI is InChI=1S/C11H17N3O2S/c1-4-5-8-6-9(15)13-11(12-8)17-7-10(16)14(2)3/h6H,4-5,7H2,1-3H3,(H,12,13,15). The highest BCUT2D eigenvalue weighted by molar-refractivity contribution is 7.99. The molecule has 1 heterocycles. The van der Waals surface area contributed by atoms with Gasteiger partial charge in [-0.2, -0.15) is 0 Å². The highest BCUT2D eigenvalue weighted by Crippen LogP contribution is 2.12. The number of thioether (sulfide) groups is 1. The maximum absolute atomic E-state index is 11.4. The predicted molar refractivity (Wildman–Crippen MR) is 68.3 cm³/mol. The molecule has 0 fully saturated rings. The van der Waals surface area contributed by atoms with Gasteiger partial charge in [-0.3, -0.25) is 9.59 Å². The van der Waals surface area contributed by atoms with E-state index in [0.29, 0.717) is 5.16 Å². The quantitative estimate of drug-likeness (QED) is 0.627. The highest BCUT2D eigenvalue weighted by Gasteiger charge is 2.07. The van der Waals surface area contributed by atoms with Crippen LogP contribution in [-0.2, 0) is 11.2 Å². The second-order valence-electron chi connectivity index (χ2n) is 3.87. The molecule has 1 aromatic rings. The fraction of sp³-hybridized carbons (Fsp3) is 0.545. The number of amides is 1. The Bertz CT molecular complexity index is 443. The van der Waals surface area contributed by atoms with Gasteiger partial charge in [-0.15, -0.1) is 0 Å². The minimum atomic E-state index is -0.164. The molecule has 6 heteroatoms. The van der Waals surface area contributed by atoms with Gasteiger partial charge < -0.3 is 9.88 Å². The summed E-state index contributed by atoms with van der Waals surface area (Å²) in [7, 11) is 3.40. The maximum atomic E-state index is 11.4. The topological polar surface area (TPSA) is 66.1 Å². The van der Waals surface area contributed by atoms with E-state index >= 15 is 0 Å². The maximum Gasteiger partial charge on any atom is 0.251 e. The second kappa shape index (κ2) is 6.44. The first-order chi connectivity index (χ1) is 8.02. The van der Waals surface area contributed by atoms with Crippen molar-refractivity contribution in [2.24, 2.45) is 0 Å². The molecule has 1 rings (SSSR count). The summed E-state index contributed by atoms with van der Waals surface area (Å²) in [6, 6.07) is 1.50. The lowest BCUT2D eigenvalue weighted by molar-refractivity contribution is -0.125. The SMILES string of the molecule is CCCc1cc(=O)[nH]c(SCC(=O)N(C)C)n1.